The molecule has 0 N–H and O–H groups in total. The molecule has 4 rings (SSSR count). The van der Waals surface area contributed by atoms with Crippen molar-refractivity contribution in [3.8, 4) is 12.1 Å². The number of rotatable bonds is 3. The van der Waals surface area contributed by atoms with E-state index in [2.05, 4.69) is 4.85 Å². The normalized spacial score (nSPS) is 15.9. The van der Waals surface area contributed by atoms with Crippen LogP contribution in [0.2, 0.25) is 0 Å². The predicted molar refractivity (Wildman–Crippen MR) is 127 cm³/mol. The van der Waals surface area contributed by atoms with Gasteiger partial charge >= 0.3 is 6.18 Å². The molecule has 3 aromatic rings. The van der Waals surface area contributed by atoms with Crippen LogP contribution in [0.25, 0.3) is 21.7 Å². The van der Waals surface area contributed by atoms with E-state index in [0.717, 1.165) is 12.1 Å². The molecule has 0 aliphatic heterocycles. The zero-order chi connectivity index (χ0) is 36.5. The average Bonchev–Trinajstić information content (AvgIpc) is 3.75. The predicted octanol–water partition coefficient (Wildman–Crippen LogP) is 9.42. The SMILES string of the molecule is [C-]#[N+]C(=C1C(=C(C#N)c2c(F)c(C)c(F)c(F)c2F)C1=C(C#N)c1c(F)c(F)c(F)c(F)c1F)c1c(F)c(F)c(C(F)(F)F)c(F)c1F. The molecule has 1 aliphatic carbocycles. The Morgan fingerprint density at radius 1 is 0.500 bits per heavy atom. The lowest BCUT2D eigenvalue weighted by molar-refractivity contribution is -0.143. The molecule has 0 spiro atoms. The molecule has 0 radical (unpaired) electrons. The van der Waals surface area contributed by atoms with Crippen LogP contribution in [0, 0.1) is 112 Å². The van der Waals surface area contributed by atoms with Crippen molar-refractivity contribution in [2.24, 2.45) is 0 Å². The van der Waals surface area contributed by atoms with Gasteiger partial charge in [0.15, 0.2) is 64.0 Å². The van der Waals surface area contributed by atoms with E-state index in [1.165, 1.54) is 0 Å². The summed E-state index contributed by atoms with van der Waals surface area (Å²) in [5.41, 5.74) is -21.3. The quantitative estimate of drug-likeness (QED) is 0.0901. The van der Waals surface area contributed by atoms with Gasteiger partial charge in [-0.25, -0.2) is 61.9 Å². The Morgan fingerprint density at radius 3 is 1.19 bits per heavy atom. The first-order valence-corrected chi connectivity index (χ1v) is 11.9. The van der Waals surface area contributed by atoms with Crippen molar-refractivity contribution in [1.29, 1.82) is 10.5 Å². The van der Waals surface area contributed by atoms with Crippen LogP contribution < -0.4 is 0 Å². The number of hydrogen-bond donors (Lipinski definition) is 0. The Labute approximate surface area is 255 Å². The molecule has 0 atom stereocenters. The van der Waals surface area contributed by atoms with Gasteiger partial charge in [-0.2, -0.15) is 23.7 Å². The van der Waals surface area contributed by atoms with Crippen molar-refractivity contribution in [2.45, 2.75) is 13.1 Å². The second kappa shape index (κ2) is 11.8. The average molecular weight is 697 g/mol. The Kier molecular flexibility index (Phi) is 8.62. The molecule has 0 heterocycles. The first-order valence-electron chi connectivity index (χ1n) is 11.9. The molecular weight excluding hydrogens is 694 g/mol. The molecule has 1 saturated carbocycles. The van der Waals surface area contributed by atoms with E-state index in [0.29, 0.717) is 6.92 Å². The molecule has 1 aliphatic rings. The topological polar surface area (TPSA) is 51.9 Å². The maximum atomic E-state index is 15.1. The summed E-state index contributed by atoms with van der Waals surface area (Å²) in [6, 6.07) is 1.80. The van der Waals surface area contributed by atoms with Crippen LogP contribution >= 0.6 is 0 Å². The second-order valence-electron chi connectivity index (χ2n) is 9.26. The van der Waals surface area contributed by atoms with Gasteiger partial charge in [0.2, 0.25) is 11.5 Å². The summed E-state index contributed by atoms with van der Waals surface area (Å²) in [5.74, 6) is -35.7. The summed E-state index contributed by atoms with van der Waals surface area (Å²) in [6.45, 7) is 7.77. The van der Waals surface area contributed by atoms with Gasteiger partial charge in [-0.3, -0.25) is 0 Å². The standard InChI is InChI=1S/C29H3F16N3/c1-5-15(30)10(17(32)24(39)16(5)31)6(3-46)8-9(7(4-47)11-18(33)25(40)27(42)26(41)19(11)34)12(8)28(48-2)13-20(35)22(37)14(29(43,44)45)23(38)21(13)36/h1H3. The van der Waals surface area contributed by atoms with E-state index in [1.807, 2.05) is 0 Å². The lowest BCUT2D eigenvalue weighted by Crippen LogP contribution is -2.16. The molecule has 48 heavy (non-hydrogen) atoms. The number of halogens is 16. The van der Waals surface area contributed by atoms with E-state index in [9.17, 15) is 76.4 Å². The van der Waals surface area contributed by atoms with Gasteiger partial charge in [-0.05, 0) is 23.6 Å². The fraction of sp³-hybridized carbons (Fsp3) is 0.0690. The van der Waals surface area contributed by atoms with Crippen molar-refractivity contribution in [3.05, 3.63) is 132 Å². The van der Waals surface area contributed by atoms with Crippen LogP contribution in [0.4, 0.5) is 70.2 Å². The van der Waals surface area contributed by atoms with Gasteiger partial charge in [0.25, 0.3) is 0 Å². The molecule has 0 unspecified atom stereocenters. The van der Waals surface area contributed by atoms with Crippen molar-refractivity contribution >= 4 is 16.8 Å². The molecule has 3 nitrogen and oxygen atoms in total. The molecule has 246 valence electrons. The largest absolute Gasteiger partial charge is 0.422 e. The summed E-state index contributed by atoms with van der Waals surface area (Å²) < 4.78 is 228. The second-order valence-corrected chi connectivity index (χ2v) is 9.26. The Bertz CT molecular complexity index is 2050. The van der Waals surface area contributed by atoms with Crippen molar-refractivity contribution < 1.29 is 70.2 Å². The highest BCUT2D eigenvalue weighted by atomic mass is 19.4. The van der Waals surface area contributed by atoms with Crippen LogP contribution in [-0.4, -0.2) is 0 Å². The maximum absolute atomic E-state index is 15.1. The first-order chi connectivity index (χ1) is 22.2. The molecule has 3 aromatic carbocycles. The van der Waals surface area contributed by atoms with E-state index < -0.39 is 143 Å². The van der Waals surface area contributed by atoms with Crippen molar-refractivity contribution in [2.75, 3.05) is 0 Å². The van der Waals surface area contributed by atoms with E-state index in [-0.39, 0.29) is 0 Å². The van der Waals surface area contributed by atoms with Crippen LogP contribution in [0.3, 0.4) is 0 Å². The van der Waals surface area contributed by atoms with Gasteiger partial charge in [0, 0.05) is 5.56 Å². The number of allylic oxidation sites excluding steroid dienone is 5. The molecule has 0 saturated heterocycles. The van der Waals surface area contributed by atoms with E-state index in [4.69, 9.17) is 6.57 Å². The fourth-order valence-corrected chi connectivity index (χ4v) is 4.52. The van der Waals surface area contributed by atoms with Crippen LogP contribution in [0.5, 0.6) is 0 Å². The minimum Gasteiger partial charge on any atom is -0.237 e. The van der Waals surface area contributed by atoms with Crippen molar-refractivity contribution in [3.63, 3.8) is 0 Å². The molecular formula is C29H3F16N3. The molecule has 1 fully saturated rings. The third-order valence-electron chi connectivity index (χ3n) is 6.74. The number of hydrogen-bond acceptors (Lipinski definition) is 2. The highest BCUT2D eigenvalue weighted by Gasteiger charge is 2.48. The minimum absolute atomic E-state index is 0.468. The highest BCUT2D eigenvalue weighted by Crippen LogP contribution is 2.58. The molecule has 0 amide bonds. The summed E-state index contributed by atoms with van der Waals surface area (Å²) in [4.78, 5) is 2.46. The summed E-state index contributed by atoms with van der Waals surface area (Å²) in [6.07, 6.45) is -6.12. The lowest BCUT2D eigenvalue weighted by atomic mass is 9.99. The molecule has 19 heteroatoms. The lowest BCUT2D eigenvalue weighted by Gasteiger charge is -2.13. The van der Waals surface area contributed by atoms with Gasteiger partial charge in [0.1, 0.15) is 23.5 Å². The van der Waals surface area contributed by atoms with Gasteiger partial charge in [0.05, 0.1) is 34.4 Å². The smallest absolute Gasteiger partial charge is 0.237 e. The zero-order valence-corrected chi connectivity index (χ0v) is 22.4. The van der Waals surface area contributed by atoms with Gasteiger partial charge in [-0.15, -0.1) is 0 Å². The van der Waals surface area contributed by atoms with Crippen LogP contribution in [0.1, 0.15) is 27.8 Å². The number of benzene rings is 3. The van der Waals surface area contributed by atoms with Crippen LogP contribution in [-0.2, 0) is 6.18 Å². The monoisotopic (exact) mass is 697 g/mol. The third-order valence-corrected chi connectivity index (χ3v) is 6.74. The Hall–Kier alpha value is -5.77. The van der Waals surface area contributed by atoms with E-state index in [1.54, 1.807) is 0 Å². The summed E-state index contributed by atoms with van der Waals surface area (Å²) in [7, 11) is 0. The van der Waals surface area contributed by atoms with Crippen molar-refractivity contribution in [1.82, 2.24) is 0 Å². The first kappa shape index (κ1) is 35.1. The minimum atomic E-state index is -6.12. The number of alkyl halides is 3. The number of nitriles is 2. The maximum Gasteiger partial charge on any atom is 0.422 e. The Morgan fingerprint density at radius 2 is 0.833 bits per heavy atom. The summed E-state index contributed by atoms with van der Waals surface area (Å²) >= 11 is 0. The molecule has 0 bridgehead atoms. The molecule has 0 aromatic heterocycles. The Balaban J connectivity index is 2.36. The fourth-order valence-electron chi connectivity index (χ4n) is 4.52. The number of nitrogens with zero attached hydrogens (tertiary/aromatic N) is 3. The van der Waals surface area contributed by atoms with E-state index >= 15 is 4.39 Å². The zero-order valence-electron chi connectivity index (χ0n) is 22.4. The van der Waals surface area contributed by atoms with Gasteiger partial charge in [-0.1, -0.05) is 0 Å². The highest BCUT2D eigenvalue weighted by molar-refractivity contribution is 6.11. The van der Waals surface area contributed by atoms with Crippen LogP contribution in [0.15, 0.2) is 16.7 Å². The van der Waals surface area contributed by atoms with Gasteiger partial charge < -0.3 is 0 Å². The third kappa shape index (κ3) is 4.92. The summed E-state index contributed by atoms with van der Waals surface area (Å²) in [5, 5.41) is 19.5.